The fourth-order valence-electron chi connectivity index (χ4n) is 1.29. The molecule has 0 saturated heterocycles. The number of hydroxylamine groups is 2. The van der Waals surface area contributed by atoms with Crippen molar-refractivity contribution >= 4 is 0 Å². The molecule has 0 aliphatic heterocycles. The van der Waals surface area contributed by atoms with Gasteiger partial charge in [-0.15, -0.1) is 0 Å². The number of hydrogen-bond donors (Lipinski definition) is 1. The van der Waals surface area contributed by atoms with Crippen molar-refractivity contribution in [3.8, 4) is 0 Å². The quantitative estimate of drug-likeness (QED) is 0.373. The van der Waals surface area contributed by atoms with Gasteiger partial charge in [0.25, 0.3) is 0 Å². The Morgan fingerprint density at radius 3 is 2.36 bits per heavy atom. The Morgan fingerprint density at radius 2 is 1.93 bits per heavy atom. The van der Waals surface area contributed by atoms with E-state index in [9.17, 15) is 0 Å². The van der Waals surface area contributed by atoms with Crippen molar-refractivity contribution in [1.82, 2.24) is 5.06 Å². The Balaban J connectivity index is 3.45. The molecule has 0 spiro atoms. The molecular formula is C11H25NO2. The smallest absolute Gasteiger partial charge is 0.119 e. The van der Waals surface area contributed by atoms with E-state index in [2.05, 4.69) is 20.8 Å². The SMILES string of the molecule is CCC(C)(C)CCCCN(CO)OC. The molecular weight excluding hydrogens is 178 g/mol. The van der Waals surface area contributed by atoms with Gasteiger partial charge in [-0.3, -0.25) is 0 Å². The monoisotopic (exact) mass is 203 g/mol. The Kier molecular flexibility index (Phi) is 7.15. The number of aliphatic hydroxyl groups excluding tert-OH is 1. The van der Waals surface area contributed by atoms with Gasteiger partial charge in [-0.2, -0.15) is 5.06 Å². The second-order valence-electron chi connectivity index (χ2n) is 4.50. The highest BCUT2D eigenvalue weighted by atomic mass is 16.7. The highest BCUT2D eigenvalue weighted by molar-refractivity contribution is 4.65. The van der Waals surface area contributed by atoms with E-state index in [0.29, 0.717) is 5.41 Å². The van der Waals surface area contributed by atoms with E-state index in [1.54, 1.807) is 12.2 Å². The van der Waals surface area contributed by atoms with Crippen LogP contribution in [0.15, 0.2) is 0 Å². The molecule has 0 atom stereocenters. The topological polar surface area (TPSA) is 32.7 Å². The standard InChI is InChI=1S/C11H25NO2/c1-5-11(2,3)8-6-7-9-12(10-13)14-4/h13H,5-10H2,1-4H3. The van der Waals surface area contributed by atoms with Gasteiger partial charge in [0.05, 0.1) is 7.11 Å². The van der Waals surface area contributed by atoms with E-state index in [1.165, 1.54) is 19.3 Å². The summed E-state index contributed by atoms with van der Waals surface area (Å²) in [5.74, 6) is 0. The largest absolute Gasteiger partial charge is 0.379 e. The number of nitrogens with zero attached hydrogens (tertiary/aromatic N) is 1. The van der Waals surface area contributed by atoms with Crippen LogP contribution >= 0.6 is 0 Å². The van der Waals surface area contributed by atoms with Crippen molar-refractivity contribution < 1.29 is 9.94 Å². The summed E-state index contributed by atoms with van der Waals surface area (Å²) in [4.78, 5) is 4.94. The van der Waals surface area contributed by atoms with Crippen LogP contribution in [0.2, 0.25) is 0 Å². The van der Waals surface area contributed by atoms with Gasteiger partial charge >= 0.3 is 0 Å². The molecule has 0 fully saturated rings. The molecule has 0 amide bonds. The lowest BCUT2D eigenvalue weighted by molar-refractivity contribution is -0.173. The lowest BCUT2D eigenvalue weighted by Gasteiger charge is -2.23. The summed E-state index contributed by atoms with van der Waals surface area (Å²) < 4.78 is 0. The Bertz CT molecular complexity index is 133. The van der Waals surface area contributed by atoms with Crippen LogP contribution < -0.4 is 0 Å². The van der Waals surface area contributed by atoms with E-state index >= 15 is 0 Å². The summed E-state index contributed by atoms with van der Waals surface area (Å²) in [6.45, 7) is 7.62. The maximum Gasteiger partial charge on any atom is 0.119 e. The molecule has 0 aromatic rings. The lowest BCUT2D eigenvalue weighted by Crippen LogP contribution is -2.24. The summed E-state index contributed by atoms with van der Waals surface area (Å²) in [6.07, 6.45) is 4.74. The zero-order valence-corrected chi connectivity index (χ0v) is 10.0. The highest BCUT2D eigenvalue weighted by Crippen LogP contribution is 2.26. The van der Waals surface area contributed by atoms with E-state index in [4.69, 9.17) is 9.94 Å². The molecule has 0 bridgehead atoms. The number of unbranched alkanes of at least 4 members (excludes halogenated alkanes) is 1. The summed E-state index contributed by atoms with van der Waals surface area (Å²) in [6, 6.07) is 0. The van der Waals surface area contributed by atoms with Gasteiger partial charge in [0.2, 0.25) is 0 Å². The molecule has 3 heteroatoms. The first-order valence-corrected chi connectivity index (χ1v) is 5.45. The zero-order chi connectivity index (χ0) is 11.0. The predicted octanol–water partition coefficient (Wildman–Crippen LogP) is 2.41. The van der Waals surface area contributed by atoms with Gasteiger partial charge in [0, 0.05) is 6.54 Å². The minimum Gasteiger partial charge on any atom is -0.379 e. The van der Waals surface area contributed by atoms with E-state index in [-0.39, 0.29) is 6.73 Å². The van der Waals surface area contributed by atoms with Gasteiger partial charge < -0.3 is 9.94 Å². The van der Waals surface area contributed by atoms with Crippen LogP contribution in [0.4, 0.5) is 0 Å². The Hall–Kier alpha value is -0.120. The first-order chi connectivity index (χ1) is 6.55. The van der Waals surface area contributed by atoms with Gasteiger partial charge in [-0.05, 0) is 18.3 Å². The second kappa shape index (κ2) is 7.21. The molecule has 1 N–H and O–H groups in total. The average Bonchev–Trinajstić information content (AvgIpc) is 2.18. The van der Waals surface area contributed by atoms with E-state index < -0.39 is 0 Å². The van der Waals surface area contributed by atoms with Gasteiger partial charge in [0.15, 0.2) is 0 Å². The molecule has 0 unspecified atom stereocenters. The third-order valence-electron chi connectivity index (χ3n) is 2.88. The number of hydrogen-bond acceptors (Lipinski definition) is 3. The molecule has 0 saturated carbocycles. The summed E-state index contributed by atoms with van der Waals surface area (Å²) in [5.41, 5.74) is 0.455. The summed E-state index contributed by atoms with van der Waals surface area (Å²) in [5, 5.41) is 10.4. The molecule has 0 radical (unpaired) electrons. The van der Waals surface area contributed by atoms with Crippen LogP contribution in [0.5, 0.6) is 0 Å². The van der Waals surface area contributed by atoms with Crippen molar-refractivity contribution in [3.05, 3.63) is 0 Å². The van der Waals surface area contributed by atoms with Crippen LogP contribution in [0, 0.1) is 5.41 Å². The van der Waals surface area contributed by atoms with Gasteiger partial charge in [-0.25, -0.2) is 0 Å². The van der Waals surface area contributed by atoms with Crippen LogP contribution in [0.1, 0.15) is 46.5 Å². The molecule has 0 aliphatic carbocycles. The minimum absolute atomic E-state index is 0.0202. The molecule has 0 aliphatic rings. The highest BCUT2D eigenvalue weighted by Gasteiger charge is 2.14. The molecule has 3 nitrogen and oxygen atoms in total. The lowest BCUT2D eigenvalue weighted by atomic mass is 9.85. The van der Waals surface area contributed by atoms with Gasteiger partial charge in [0.1, 0.15) is 6.73 Å². The number of rotatable bonds is 8. The van der Waals surface area contributed by atoms with Crippen molar-refractivity contribution in [2.75, 3.05) is 20.4 Å². The first-order valence-electron chi connectivity index (χ1n) is 5.45. The van der Waals surface area contributed by atoms with Crippen molar-refractivity contribution in [1.29, 1.82) is 0 Å². The molecule has 14 heavy (non-hydrogen) atoms. The Labute approximate surface area is 88.0 Å². The van der Waals surface area contributed by atoms with Crippen LogP contribution in [-0.4, -0.2) is 30.6 Å². The number of aliphatic hydroxyl groups is 1. The third-order valence-corrected chi connectivity index (χ3v) is 2.88. The third kappa shape index (κ3) is 6.35. The molecule has 0 rings (SSSR count). The predicted molar refractivity (Wildman–Crippen MR) is 58.7 cm³/mol. The van der Waals surface area contributed by atoms with E-state index in [0.717, 1.165) is 13.0 Å². The van der Waals surface area contributed by atoms with Crippen molar-refractivity contribution in [3.63, 3.8) is 0 Å². The minimum atomic E-state index is -0.0202. The fraction of sp³-hybridized carbons (Fsp3) is 1.00. The molecule has 0 aromatic heterocycles. The maximum atomic E-state index is 8.83. The maximum absolute atomic E-state index is 8.83. The van der Waals surface area contributed by atoms with Crippen LogP contribution in [0.3, 0.4) is 0 Å². The zero-order valence-electron chi connectivity index (χ0n) is 10.0. The second-order valence-corrected chi connectivity index (χ2v) is 4.50. The Morgan fingerprint density at radius 1 is 1.29 bits per heavy atom. The van der Waals surface area contributed by atoms with Crippen molar-refractivity contribution in [2.24, 2.45) is 5.41 Å². The molecule has 0 aromatic carbocycles. The van der Waals surface area contributed by atoms with E-state index in [1.807, 2.05) is 0 Å². The average molecular weight is 203 g/mol. The molecule has 86 valence electrons. The summed E-state index contributed by atoms with van der Waals surface area (Å²) >= 11 is 0. The summed E-state index contributed by atoms with van der Waals surface area (Å²) in [7, 11) is 1.59. The fourth-order valence-corrected chi connectivity index (χ4v) is 1.29. The van der Waals surface area contributed by atoms with Gasteiger partial charge in [-0.1, -0.05) is 33.6 Å². The molecule has 0 heterocycles. The normalized spacial score (nSPS) is 12.4. The van der Waals surface area contributed by atoms with Crippen molar-refractivity contribution in [2.45, 2.75) is 46.5 Å². The van der Waals surface area contributed by atoms with Crippen LogP contribution in [-0.2, 0) is 4.84 Å². The first kappa shape index (κ1) is 13.9. The van der Waals surface area contributed by atoms with Crippen LogP contribution in [0.25, 0.3) is 0 Å².